The maximum absolute atomic E-state index is 12.7. The smallest absolute Gasteiger partial charge is 0.367 e. The van der Waals surface area contributed by atoms with Gasteiger partial charge in [-0.3, -0.25) is 4.79 Å². The molecule has 3 rings (SSSR count). The third kappa shape index (κ3) is 3.07. The molecule has 1 heterocycles. The Kier molecular flexibility index (Phi) is 3.85. The standard InChI is InChI=1S/C17H14F3NO2/c18-17(19,20)12-7-5-10(6-8-12)15-13-4-2-1-3-11(13)9-14(23-15)16(21)22/h1-8,14-15H,9H2,(H2,21,22). The molecule has 6 heteroatoms. The minimum Gasteiger partial charge on any atom is -0.367 e. The number of nitrogens with two attached hydrogens (primary N) is 1. The van der Waals surface area contributed by atoms with Crippen LogP contribution in [0.5, 0.6) is 0 Å². The van der Waals surface area contributed by atoms with Crippen molar-refractivity contribution in [3.8, 4) is 0 Å². The summed E-state index contributed by atoms with van der Waals surface area (Å²) in [6, 6.07) is 12.1. The summed E-state index contributed by atoms with van der Waals surface area (Å²) in [4.78, 5) is 11.5. The van der Waals surface area contributed by atoms with Gasteiger partial charge in [0.2, 0.25) is 5.91 Å². The molecule has 2 unspecified atom stereocenters. The van der Waals surface area contributed by atoms with E-state index in [1.807, 2.05) is 24.3 Å². The van der Waals surface area contributed by atoms with Gasteiger partial charge in [0.15, 0.2) is 0 Å². The highest BCUT2D eigenvalue weighted by Gasteiger charge is 2.33. The predicted molar refractivity (Wildman–Crippen MR) is 77.5 cm³/mol. The number of rotatable bonds is 2. The van der Waals surface area contributed by atoms with Gasteiger partial charge in [-0.25, -0.2) is 0 Å². The zero-order valence-electron chi connectivity index (χ0n) is 12.0. The number of carbonyl (C=O) groups is 1. The number of primary amides is 1. The fraction of sp³-hybridized carbons (Fsp3) is 0.235. The first-order valence-corrected chi connectivity index (χ1v) is 7.06. The largest absolute Gasteiger partial charge is 0.416 e. The Balaban J connectivity index is 1.99. The van der Waals surface area contributed by atoms with Gasteiger partial charge in [-0.05, 0) is 28.8 Å². The minimum absolute atomic E-state index is 0.364. The van der Waals surface area contributed by atoms with Gasteiger partial charge in [0, 0.05) is 6.42 Å². The molecule has 0 spiro atoms. The Hall–Kier alpha value is -2.34. The molecule has 120 valence electrons. The fourth-order valence-corrected chi connectivity index (χ4v) is 2.73. The van der Waals surface area contributed by atoms with Crippen molar-refractivity contribution >= 4 is 5.91 Å². The molecule has 3 nitrogen and oxygen atoms in total. The van der Waals surface area contributed by atoms with Gasteiger partial charge >= 0.3 is 6.18 Å². The Morgan fingerprint density at radius 1 is 1.09 bits per heavy atom. The molecule has 1 aliphatic heterocycles. The van der Waals surface area contributed by atoms with Crippen molar-refractivity contribution in [1.82, 2.24) is 0 Å². The SMILES string of the molecule is NC(=O)C1Cc2ccccc2C(c2ccc(C(F)(F)F)cc2)O1. The lowest BCUT2D eigenvalue weighted by molar-refractivity contribution is -0.137. The van der Waals surface area contributed by atoms with Crippen molar-refractivity contribution in [2.24, 2.45) is 5.73 Å². The van der Waals surface area contributed by atoms with Crippen molar-refractivity contribution in [2.45, 2.75) is 24.8 Å². The van der Waals surface area contributed by atoms with Crippen LogP contribution >= 0.6 is 0 Å². The number of benzene rings is 2. The summed E-state index contributed by atoms with van der Waals surface area (Å²) in [6.07, 6.45) is -5.43. The highest BCUT2D eigenvalue weighted by atomic mass is 19.4. The summed E-state index contributed by atoms with van der Waals surface area (Å²) in [5, 5.41) is 0. The number of amides is 1. The van der Waals surface area contributed by atoms with Gasteiger partial charge in [-0.2, -0.15) is 13.2 Å². The van der Waals surface area contributed by atoms with E-state index in [1.54, 1.807) is 0 Å². The zero-order chi connectivity index (χ0) is 16.6. The lowest BCUT2D eigenvalue weighted by atomic mass is 9.90. The normalized spacial score (nSPS) is 20.8. The molecule has 23 heavy (non-hydrogen) atoms. The first-order valence-electron chi connectivity index (χ1n) is 7.06. The monoisotopic (exact) mass is 321 g/mol. The average Bonchev–Trinajstić information content (AvgIpc) is 2.53. The van der Waals surface area contributed by atoms with E-state index in [0.29, 0.717) is 12.0 Å². The van der Waals surface area contributed by atoms with Crippen LogP contribution in [0.4, 0.5) is 13.2 Å². The number of carbonyl (C=O) groups excluding carboxylic acids is 1. The van der Waals surface area contributed by atoms with E-state index in [0.717, 1.165) is 23.3 Å². The number of hydrogen-bond donors (Lipinski definition) is 1. The number of fused-ring (bicyclic) bond motifs is 1. The molecule has 2 aromatic carbocycles. The van der Waals surface area contributed by atoms with E-state index in [-0.39, 0.29) is 0 Å². The van der Waals surface area contributed by atoms with E-state index in [9.17, 15) is 18.0 Å². The molecule has 0 saturated carbocycles. The van der Waals surface area contributed by atoms with Crippen molar-refractivity contribution in [3.63, 3.8) is 0 Å². The lowest BCUT2D eigenvalue weighted by Gasteiger charge is -2.31. The van der Waals surface area contributed by atoms with Gasteiger partial charge in [-0.15, -0.1) is 0 Å². The summed E-state index contributed by atoms with van der Waals surface area (Å²) in [5.41, 5.74) is 6.91. The summed E-state index contributed by atoms with van der Waals surface area (Å²) >= 11 is 0. The van der Waals surface area contributed by atoms with Gasteiger partial charge in [0.25, 0.3) is 0 Å². The predicted octanol–water partition coefficient (Wildman–Crippen LogP) is 3.22. The molecule has 1 amide bonds. The van der Waals surface area contributed by atoms with E-state index < -0.39 is 29.9 Å². The van der Waals surface area contributed by atoms with E-state index in [4.69, 9.17) is 10.5 Å². The second kappa shape index (κ2) is 5.70. The minimum atomic E-state index is -4.39. The zero-order valence-corrected chi connectivity index (χ0v) is 12.0. The molecule has 0 fully saturated rings. The van der Waals surface area contributed by atoms with Gasteiger partial charge in [0.05, 0.1) is 5.56 Å². The second-order valence-corrected chi connectivity index (χ2v) is 5.43. The van der Waals surface area contributed by atoms with Crippen molar-refractivity contribution in [1.29, 1.82) is 0 Å². The van der Waals surface area contributed by atoms with Crippen LogP contribution < -0.4 is 5.73 Å². The topological polar surface area (TPSA) is 52.3 Å². The molecular formula is C17H14F3NO2. The van der Waals surface area contributed by atoms with Crippen molar-refractivity contribution in [2.75, 3.05) is 0 Å². The molecule has 1 aliphatic rings. The van der Waals surface area contributed by atoms with Crippen LogP contribution in [0, 0.1) is 0 Å². The van der Waals surface area contributed by atoms with E-state index >= 15 is 0 Å². The van der Waals surface area contributed by atoms with Crippen LogP contribution in [0.25, 0.3) is 0 Å². The number of ether oxygens (including phenoxy) is 1. The quantitative estimate of drug-likeness (QED) is 0.923. The third-order valence-electron chi connectivity index (χ3n) is 3.90. The number of hydrogen-bond acceptors (Lipinski definition) is 2. The van der Waals surface area contributed by atoms with Crippen molar-refractivity contribution in [3.05, 3.63) is 70.8 Å². The summed E-state index contributed by atoms with van der Waals surface area (Å²) in [7, 11) is 0. The molecule has 0 radical (unpaired) electrons. The summed E-state index contributed by atoms with van der Waals surface area (Å²) < 4.78 is 43.8. The fourth-order valence-electron chi connectivity index (χ4n) is 2.73. The Labute approximate surface area is 130 Å². The van der Waals surface area contributed by atoms with Crippen LogP contribution in [0.2, 0.25) is 0 Å². The van der Waals surface area contributed by atoms with Gasteiger partial charge in [0.1, 0.15) is 12.2 Å². The van der Waals surface area contributed by atoms with Gasteiger partial charge in [-0.1, -0.05) is 36.4 Å². The molecular weight excluding hydrogens is 307 g/mol. The number of alkyl halides is 3. The maximum atomic E-state index is 12.7. The van der Waals surface area contributed by atoms with Crippen LogP contribution in [0.1, 0.15) is 28.4 Å². The Bertz CT molecular complexity index is 725. The second-order valence-electron chi connectivity index (χ2n) is 5.43. The first-order chi connectivity index (χ1) is 10.9. The lowest BCUT2D eigenvalue weighted by Crippen LogP contribution is -2.37. The van der Waals surface area contributed by atoms with Crippen LogP contribution in [-0.2, 0) is 22.1 Å². The number of halogens is 3. The highest BCUT2D eigenvalue weighted by molar-refractivity contribution is 5.79. The summed E-state index contributed by atoms with van der Waals surface area (Å²) in [6.45, 7) is 0. The molecule has 0 saturated heterocycles. The van der Waals surface area contributed by atoms with Crippen LogP contribution in [0.15, 0.2) is 48.5 Å². The summed E-state index contributed by atoms with van der Waals surface area (Å²) in [5.74, 6) is -0.587. The average molecular weight is 321 g/mol. The Morgan fingerprint density at radius 3 is 2.35 bits per heavy atom. The Morgan fingerprint density at radius 2 is 1.74 bits per heavy atom. The maximum Gasteiger partial charge on any atom is 0.416 e. The van der Waals surface area contributed by atoms with Gasteiger partial charge < -0.3 is 10.5 Å². The molecule has 0 bridgehead atoms. The van der Waals surface area contributed by atoms with Crippen molar-refractivity contribution < 1.29 is 22.7 Å². The third-order valence-corrected chi connectivity index (χ3v) is 3.90. The molecule has 0 aliphatic carbocycles. The first kappa shape index (κ1) is 15.6. The molecule has 2 N–H and O–H groups in total. The molecule has 0 aromatic heterocycles. The molecule has 2 atom stereocenters. The van der Waals surface area contributed by atoms with E-state index in [1.165, 1.54) is 12.1 Å². The highest BCUT2D eigenvalue weighted by Crippen LogP contribution is 2.36. The van der Waals surface area contributed by atoms with Crippen LogP contribution in [0.3, 0.4) is 0 Å². The van der Waals surface area contributed by atoms with E-state index in [2.05, 4.69) is 0 Å². The molecule has 2 aromatic rings. The van der Waals surface area contributed by atoms with Crippen LogP contribution in [-0.4, -0.2) is 12.0 Å².